The molecule has 9 heteroatoms. The van der Waals surface area contributed by atoms with Gasteiger partial charge in [-0.3, -0.25) is 9.59 Å². The van der Waals surface area contributed by atoms with Crippen molar-refractivity contribution in [2.75, 3.05) is 27.9 Å². The van der Waals surface area contributed by atoms with Gasteiger partial charge in [-0.2, -0.15) is 0 Å². The van der Waals surface area contributed by atoms with Crippen molar-refractivity contribution in [2.24, 2.45) is 0 Å². The van der Waals surface area contributed by atoms with E-state index in [9.17, 15) is 9.59 Å². The standard InChI is InChI=1S/C30H31NO8/c1-18-23(12-19-13-26(36-3)30(27(14-19)37-4)39-11-9-29(33)34)22-8-7-20(35-2)15-25(22)24(18)16-28(32)31-17-21-6-5-10-38-21/h5-8,10,12-15H,9,11,16-17H2,1-4H3,(H,31,32)(H,33,34). The van der Waals surface area contributed by atoms with E-state index in [1.165, 1.54) is 14.2 Å². The van der Waals surface area contributed by atoms with Gasteiger partial charge in [0.15, 0.2) is 11.5 Å². The van der Waals surface area contributed by atoms with E-state index in [2.05, 4.69) is 5.32 Å². The zero-order valence-electron chi connectivity index (χ0n) is 22.3. The zero-order chi connectivity index (χ0) is 27.9. The number of hydrogen-bond acceptors (Lipinski definition) is 7. The van der Waals surface area contributed by atoms with E-state index in [-0.39, 0.29) is 25.4 Å². The maximum absolute atomic E-state index is 12.9. The number of carboxylic acids is 1. The van der Waals surface area contributed by atoms with Crippen LogP contribution in [0.25, 0.3) is 17.2 Å². The van der Waals surface area contributed by atoms with Gasteiger partial charge in [0.25, 0.3) is 0 Å². The first-order valence-corrected chi connectivity index (χ1v) is 12.3. The van der Waals surface area contributed by atoms with Gasteiger partial charge in [0.1, 0.15) is 11.5 Å². The van der Waals surface area contributed by atoms with E-state index in [1.807, 2.05) is 37.3 Å². The normalized spacial score (nSPS) is 13.3. The average molecular weight is 534 g/mol. The molecular formula is C30H31NO8. The second kappa shape index (κ2) is 12.3. The Morgan fingerprint density at radius 1 is 1.00 bits per heavy atom. The number of hydrogen-bond donors (Lipinski definition) is 2. The first kappa shape index (κ1) is 27.4. The quantitative estimate of drug-likeness (QED) is 0.327. The molecule has 0 radical (unpaired) electrons. The molecule has 9 nitrogen and oxygen atoms in total. The predicted octanol–water partition coefficient (Wildman–Crippen LogP) is 5.19. The van der Waals surface area contributed by atoms with Gasteiger partial charge in [0, 0.05) is 0 Å². The Bertz CT molecular complexity index is 1390. The molecule has 0 saturated carbocycles. The molecule has 2 N–H and O–H groups in total. The molecule has 39 heavy (non-hydrogen) atoms. The molecule has 0 fully saturated rings. The molecule has 0 atom stereocenters. The van der Waals surface area contributed by atoms with E-state index < -0.39 is 5.97 Å². The number of amides is 1. The Kier molecular flexibility index (Phi) is 8.60. The molecule has 1 aliphatic rings. The van der Waals surface area contributed by atoms with Crippen molar-refractivity contribution in [1.82, 2.24) is 5.32 Å². The molecule has 4 rings (SSSR count). The van der Waals surface area contributed by atoms with Crippen LogP contribution >= 0.6 is 0 Å². The number of aliphatic carboxylic acids is 1. The fourth-order valence-corrected chi connectivity index (χ4v) is 4.47. The lowest BCUT2D eigenvalue weighted by atomic mass is 10.00. The molecular weight excluding hydrogens is 502 g/mol. The smallest absolute Gasteiger partial charge is 0.306 e. The van der Waals surface area contributed by atoms with Crippen LogP contribution in [0.15, 0.2) is 58.7 Å². The molecule has 0 aliphatic heterocycles. The molecule has 204 valence electrons. The van der Waals surface area contributed by atoms with Gasteiger partial charge in [-0.25, -0.2) is 0 Å². The minimum atomic E-state index is -0.960. The largest absolute Gasteiger partial charge is 0.497 e. The molecule has 0 spiro atoms. The highest BCUT2D eigenvalue weighted by atomic mass is 16.5. The molecule has 3 aromatic rings. The Labute approximate surface area is 226 Å². The summed E-state index contributed by atoms with van der Waals surface area (Å²) < 4.78 is 27.5. The summed E-state index contributed by atoms with van der Waals surface area (Å²) in [6, 6.07) is 13.0. The topological polar surface area (TPSA) is 116 Å². The Balaban J connectivity index is 1.69. The van der Waals surface area contributed by atoms with Crippen molar-refractivity contribution < 1.29 is 38.1 Å². The minimum Gasteiger partial charge on any atom is -0.497 e. The number of carboxylic acid groups (broad SMARTS) is 1. The van der Waals surface area contributed by atoms with Gasteiger partial charge in [-0.05, 0) is 82.8 Å². The van der Waals surface area contributed by atoms with E-state index in [4.69, 9.17) is 28.5 Å². The number of carbonyl (C=O) groups excluding carboxylic acids is 1. The van der Waals surface area contributed by atoms with Gasteiger partial charge in [-0.1, -0.05) is 6.07 Å². The molecule has 1 amide bonds. The van der Waals surface area contributed by atoms with Crippen LogP contribution in [0.2, 0.25) is 0 Å². The van der Waals surface area contributed by atoms with Crippen molar-refractivity contribution in [1.29, 1.82) is 0 Å². The van der Waals surface area contributed by atoms with Gasteiger partial charge in [0.2, 0.25) is 11.7 Å². The monoisotopic (exact) mass is 533 g/mol. The highest BCUT2D eigenvalue weighted by Gasteiger charge is 2.26. The molecule has 0 saturated heterocycles. The zero-order valence-corrected chi connectivity index (χ0v) is 22.3. The lowest BCUT2D eigenvalue weighted by Gasteiger charge is -2.15. The number of nitrogens with one attached hydrogen (secondary N) is 1. The summed E-state index contributed by atoms with van der Waals surface area (Å²) in [5, 5.41) is 11.9. The fourth-order valence-electron chi connectivity index (χ4n) is 4.47. The van der Waals surface area contributed by atoms with Crippen LogP contribution in [0.1, 0.15) is 42.2 Å². The highest BCUT2D eigenvalue weighted by molar-refractivity contribution is 6.08. The number of methoxy groups -OCH3 is 3. The molecule has 1 aliphatic carbocycles. The number of furan rings is 1. The van der Waals surface area contributed by atoms with Crippen molar-refractivity contribution in [2.45, 2.75) is 26.3 Å². The van der Waals surface area contributed by atoms with Crippen molar-refractivity contribution in [3.05, 3.63) is 76.8 Å². The van der Waals surface area contributed by atoms with Crippen LogP contribution in [0, 0.1) is 0 Å². The number of ether oxygens (including phenoxy) is 4. The molecule has 1 aromatic heterocycles. The maximum Gasteiger partial charge on any atom is 0.306 e. The van der Waals surface area contributed by atoms with Crippen LogP contribution in [0.3, 0.4) is 0 Å². The third kappa shape index (κ3) is 6.26. The van der Waals surface area contributed by atoms with Crippen LogP contribution in [0.5, 0.6) is 23.0 Å². The lowest BCUT2D eigenvalue weighted by Crippen LogP contribution is -2.22. The van der Waals surface area contributed by atoms with Crippen molar-refractivity contribution in [3.63, 3.8) is 0 Å². The molecule has 1 heterocycles. The summed E-state index contributed by atoms with van der Waals surface area (Å²) in [4.78, 5) is 23.8. The number of rotatable bonds is 12. The third-order valence-electron chi connectivity index (χ3n) is 6.43. The van der Waals surface area contributed by atoms with Crippen LogP contribution in [-0.4, -0.2) is 44.9 Å². The first-order valence-electron chi connectivity index (χ1n) is 12.3. The number of fused-ring (bicyclic) bond motifs is 1. The van der Waals surface area contributed by atoms with E-state index >= 15 is 0 Å². The first-order chi connectivity index (χ1) is 18.8. The minimum absolute atomic E-state index is 0.0229. The van der Waals surface area contributed by atoms with Crippen LogP contribution in [0.4, 0.5) is 0 Å². The highest BCUT2D eigenvalue weighted by Crippen LogP contribution is 2.46. The summed E-state index contributed by atoms with van der Waals surface area (Å²) in [5.74, 6) is 1.46. The maximum atomic E-state index is 12.9. The Hall–Kier alpha value is -4.66. The molecule has 0 bridgehead atoms. The SMILES string of the molecule is COc1ccc2c(c1)C(CC(=O)NCc1ccco1)=C(C)C2=Cc1cc(OC)c(OCCC(=O)O)c(OC)c1. The van der Waals surface area contributed by atoms with Gasteiger partial charge in [-0.15, -0.1) is 0 Å². The number of benzene rings is 2. The van der Waals surface area contributed by atoms with E-state index in [1.54, 1.807) is 31.6 Å². The van der Waals surface area contributed by atoms with Crippen LogP contribution in [-0.2, 0) is 16.1 Å². The fraction of sp³-hybridized carbons (Fsp3) is 0.267. The number of allylic oxidation sites excluding steroid dienone is 2. The second-order valence-electron chi connectivity index (χ2n) is 8.85. The van der Waals surface area contributed by atoms with Gasteiger partial charge < -0.3 is 33.8 Å². The number of carbonyl (C=O) groups is 2. The Morgan fingerprint density at radius 2 is 1.74 bits per heavy atom. The Morgan fingerprint density at radius 3 is 2.36 bits per heavy atom. The predicted molar refractivity (Wildman–Crippen MR) is 146 cm³/mol. The summed E-state index contributed by atoms with van der Waals surface area (Å²) in [5.41, 5.74) is 5.51. The average Bonchev–Trinajstić information content (AvgIpc) is 3.54. The van der Waals surface area contributed by atoms with Crippen LogP contribution < -0.4 is 24.3 Å². The summed E-state index contributed by atoms with van der Waals surface area (Å²) in [7, 11) is 4.63. The van der Waals surface area contributed by atoms with E-state index in [0.717, 1.165) is 33.4 Å². The van der Waals surface area contributed by atoms with Gasteiger partial charge >= 0.3 is 5.97 Å². The van der Waals surface area contributed by atoms with Crippen molar-refractivity contribution in [3.8, 4) is 23.0 Å². The molecule has 2 aromatic carbocycles. The summed E-state index contributed by atoms with van der Waals surface area (Å²) >= 11 is 0. The van der Waals surface area contributed by atoms with Crippen molar-refractivity contribution >= 4 is 29.1 Å². The van der Waals surface area contributed by atoms with E-state index in [0.29, 0.717) is 35.3 Å². The molecule has 0 unspecified atom stereocenters. The summed E-state index contributed by atoms with van der Waals surface area (Å²) in [6.07, 6.45) is 3.61. The lowest BCUT2D eigenvalue weighted by molar-refractivity contribution is -0.137. The summed E-state index contributed by atoms with van der Waals surface area (Å²) in [6.45, 7) is 2.28. The van der Waals surface area contributed by atoms with Gasteiger partial charge in [0.05, 0.1) is 53.6 Å². The second-order valence-corrected chi connectivity index (χ2v) is 8.85. The third-order valence-corrected chi connectivity index (χ3v) is 6.43.